The maximum Gasteiger partial charge on any atom is 0.145 e. The predicted molar refractivity (Wildman–Crippen MR) is 80.1 cm³/mol. The van der Waals surface area contributed by atoms with Crippen molar-refractivity contribution >= 4 is 11.6 Å². The molecule has 2 aromatic rings. The van der Waals surface area contributed by atoms with Crippen molar-refractivity contribution in [3.63, 3.8) is 0 Å². The van der Waals surface area contributed by atoms with Gasteiger partial charge in [0.05, 0.1) is 6.04 Å². The number of nitrogens with two attached hydrogens (primary N) is 1. The summed E-state index contributed by atoms with van der Waals surface area (Å²) in [5.74, 6) is 9.20. The third kappa shape index (κ3) is 2.38. The van der Waals surface area contributed by atoms with Crippen molar-refractivity contribution in [2.75, 3.05) is 17.3 Å². The second-order valence-corrected chi connectivity index (χ2v) is 5.46. The van der Waals surface area contributed by atoms with Crippen LogP contribution in [0.4, 0.5) is 11.6 Å². The van der Waals surface area contributed by atoms with E-state index in [-0.39, 0.29) is 6.04 Å². The lowest BCUT2D eigenvalue weighted by atomic mass is 10.1. The summed E-state index contributed by atoms with van der Waals surface area (Å²) in [6.45, 7) is 0.605. The summed E-state index contributed by atoms with van der Waals surface area (Å²) in [4.78, 5) is 9.02. The highest BCUT2D eigenvalue weighted by atomic mass is 16.5. The average Bonchev–Trinajstić information content (AvgIpc) is 3.30. The van der Waals surface area contributed by atoms with Crippen molar-refractivity contribution in [1.29, 1.82) is 0 Å². The lowest BCUT2D eigenvalue weighted by Gasteiger charge is -2.14. The van der Waals surface area contributed by atoms with E-state index in [1.807, 2.05) is 24.3 Å². The van der Waals surface area contributed by atoms with Crippen molar-refractivity contribution in [3.05, 3.63) is 41.7 Å². The van der Waals surface area contributed by atoms with Gasteiger partial charge in [0.15, 0.2) is 0 Å². The predicted octanol–water partition coefficient (Wildman–Crippen LogP) is 2.19. The maximum atomic E-state index is 5.68. The highest BCUT2D eigenvalue weighted by Gasteiger charge is 2.28. The number of benzene rings is 1. The molecule has 6 heteroatoms. The van der Waals surface area contributed by atoms with Gasteiger partial charge in [-0.1, -0.05) is 18.2 Å². The number of hydrogen-bond donors (Lipinski definition) is 3. The minimum atomic E-state index is 0.105. The molecule has 6 nitrogen and oxygen atoms in total. The molecule has 1 aliphatic carbocycles. The first-order chi connectivity index (χ1) is 10.3. The molecule has 1 aromatic carbocycles. The molecule has 1 aliphatic heterocycles. The summed E-state index contributed by atoms with van der Waals surface area (Å²) < 4.78 is 5.68. The molecule has 2 heterocycles. The minimum Gasteiger partial charge on any atom is -0.491 e. The molecule has 0 spiro atoms. The largest absolute Gasteiger partial charge is 0.491 e. The van der Waals surface area contributed by atoms with E-state index in [1.54, 1.807) is 0 Å². The molecule has 1 atom stereocenters. The van der Waals surface area contributed by atoms with Crippen LogP contribution in [0.1, 0.15) is 36.2 Å². The number of nitrogens with one attached hydrogen (secondary N) is 2. The standard InChI is InChI=1S/C15H17N5O/c16-20-14-7-13(18-15(19-14)9-5-6-9)17-11-8-21-12-4-2-1-3-10(11)12/h1-4,7,9,11H,5-6,8,16H2,(H2,17,18,19,20). The Kier molecular flexibility index (Phi) is 2.89. The molecule has 108 valence electrons. The van der Waals surface area contributed by atoms with Gasteiger partial charge < -0.3 is 15.5 Å². The number of nitrogen functional groups attached to an aromatic ring is 1. The first-order valence-electron chi connectivity index (χ1n) is 7.17. The number of para-hydroxylation sites is 1. The summed E-state index contributed by atoms with van der Waals surface area (Å²) in [5, 5.41) is 3.42. The Labute approximate surface area is 122 Å². The zero-order valence-electron chi connectivity index (χ0n) is 11.5. The molecule has 4 N–H and O–H groups in total. The van der Waals surface area contributed by atoms with Crippen LogP contribution in [0.3, 0.4) is 0 Å². The SMILES string of the molecule is NNc1cc(NC2COc3ccccc32)nc(C2CC2)n1. The third-order valence-corrected chi connectivity index (χ3v) is 3.86. The van der Waals surface area contributed by atoms with Gasteiger partial charge in [0, 0.05) is 17.5 Å². The van der Waals surface area contributed by atoms with Crippen LogP contribution in [-0.2, 0) is 0 Å². The highest BCUT2D eigenvalue weighted by Crippen LogP contribution is 2.39. The van der Waals surface area contributed by atoms with E-state index in [9.17, 15) is 0 Å². The van der Waals surface area contributed by atoms with E-state index in [0.717, 1.165) is 35.8 Å². The molecule has 0 bridgehead atoms. The lowest BCUT2D eigenvalue weighted by Crippen LogP contribution is -2.16. The fourth-order valence-corrected chi connectivity index (χ4v) is 2.60. The van der Waals surface area contributed by atoms with E-state index >= 15 is 0 Å². The van der Waals surface area contributed by atoms with Crippen LogP contribution in [-0.4, -0.2) is 16.6 Å². The van der Waals surface area contributed by atoms with Gasteiger partial charge in [-0.2, -0.15) is 0 Å². The van der Waals surface area contributed by atoms with Crippen molar-refractivity contribution in [1.82, 2.24) is 9.97 Å². The molecule has 1 saturated carbocycles. The van der Waals surface area contributed by atoms with Crippen LogP contribution in [0, 0.1) is 0 Å². The summed E-state index contributed by atoms with van der Waals surface area (Å²) >= 11 is 0. The van der Waals surface area contributed by atoms with Crippen LogP contribution in [0.25, 0.3) is 0 Å². The Balaban J connectivity index is 1.61. The molecule has 2 aliphatic rings. The first kappa shape index (κ1) is 12.4. The summed E-state index contributed by atoms with van der Waals surface area (Å²) in [6, 6.07) is 9.99. The fourth-order valence-electron chi connectivity index (χ4n) is 2.60. The molecule has 1 unspecified atom stereocenters. The van der Waals surface area contributed by atoms with E-state index < -0.39 is 0 Å². The van der Waals surface area contributed by atoms with Gasteiger partial charge >= 0.3 is 0 Å². The maximum absolute atomic E-state index is 5.68. The number of hydrogen-bond acceptors (Lipinski definition) is 6. The Bertz CT molecular complexity index is 671. The normalized spacial score (nSPS) is 19.8. The number of nitrogens with zero attached hydrogens (tertiary/aromatic N) is 2. The van der Waals surface area contributed by atoms with Crippen LogP contribution < -0.4 is 21.3 Å². The third-order valence-electron chi connectivity index (χ3n) is 3.86. The molecule has 1 aromatic heterocycles. The van der Waals surface area contributed by atoms with Crippen LogP contribution in [0.15, 0.2) is 30.3 Å². The topological polar surface area (TPSA) is 85.1 Å². The van der Waals surface area contributed by atoms with Crippen molar-refractivity contribution in [3.8, 4) is 5.75 Å². The summed E-state index contributed by atoms with van der Waals surface area (Å²) in [5.41, 5.74) is 3.77. The Hall–Kier alpha value is -2.34. The van der Waals surface area contributed by atoms with Gasteiger partial charge in [-0.05, 0) is 18.9 Å². The molecule has 0 saturated heterocycles. The van der Waals surface area contributed by atoms with Crippen LogP contribution in [0.2, 0.25) is 0 Å². The van der Waals surface area contributed by atoms with Gasteiger partial charge in [-0.15, -0.1) is 0 Å². The lowest BCUT2D eigenvalue weighted by molar-refractivity contribution is 0.339. The van der Waals surface area contributed by atoms with Gasteiger partial charge in [0.25, 0.3) is 0 Å². The molecular formula is C15H17N5O. The summed E-state index contributed by atoms with van der Waals surface area (Å²) in [6.07, 6.45) is 2.31. The molecule has 4 rings (SSSR count). The van der Waals surface area contributed by atoms with Crippen LogP contribution >= 0.6 is 0 Å². The molecular weight excluding hydrogens is 266 g/mol. The fraction of sp³-hybridized carbons (Fsp3) is 0.333. The molecule has 0 amide bonds. The quantitative estimate of drug-likeness (QED) is 0.589. The van der Waals surface area contributed by atoms with E-state index in [0.29, 0.717) is 18.3 Å². The Morgan fingerprint density at radius 1 is 1.14 bits per heavy atom. The highest BCUT2D eigenvalue weighted by molar-refractivity contribution is 5.51. The van der Waals surface area contributed by atoms with Gasteiger partial charge in [-0.3, -0.25) is 0 Å². The van der Waals surface area contributed by atoms with E-state index in [4.69, 9.17) is 10.6 Å². The molecule has 1 fully saturated rings. The zero-order chi connectivity index (χ0) is 14.2. The Morgan fingerprint density at radius 3 is 2.76 bits per heavy atom. The molecule has 0 radical (unpaired) electrons. The summed E-state index contributed by atoms with van der Waals surface area (Å²) in [7, 11) is 0. The number of anilines is 2. The first-order valence-corrected chi connectivity index (χ1v) is 7.17. The van der Waals surface area contributed by atoms with Gasteiger partial charge in [0.1, 0.15) is 29.8 Å². The van der Waals surface area contributed by atoms with Crippen molar-refractivity contribution in [2.24, 2.45) is 5.84 Å². The second-order valence-electron chi connectivity index (χ2n) is 5.46. The van der Waals surface area contributed by atoms with Gasteiger partial charge in [-0.25, -0.2) is 15.8 Å². The van der Waals surface area contributed by atoms with Crippen molar-refractivity contribution < 1.29 is 4.74 Å². The number of fused-ring (bicyclic) bond motifs is 1. The number of rotatable bonds is 4. The average molecular weight is 283 g/mol. The zero-order valence-corrected chi connectivity index (χ0v) is 11.5. The number of ether oxygens (including phenoxy) is 1. The smallest absolute Gasteiger partial charge is 0.145 e. The van der Waals surface area contributed by atoms with Gasteiger partial charge in [0.2, 0.25) is 0 Å². The Morgan fingerprint density at radius 2 is 1.95 bits per heavy atom. The number of aromatic nitrogens is 2. The minimum absolute atomic E-state index is 0.105. The van der Waals surface area contributed by atoms with E-state index in [2.05, 4.69) is 26.8 Å². The second kappa shape index (κ2) is 4.89. The molecule has 21 heavy (non-hydrogen) atoms. The monoisotopic (exact) mass is 283 g/mol. The van der Waals surface area contributed by atoms with E-state index in [1.165, 1.54) is 0 Å². The van der Waals surface area contributed by atoms with Crippen LogP contribution in [0.5, 0.6) is 5.75 Å². The van der Waals surface area contributed by atoms with Crippen molar-refractivity contribution in [2.45, 2.75) is 24.8 Å². The number of hydrazine groups is 1.